The second-order valence-corrected chi connectivity index (χ2v) is 5.46. The van der Waals surface area contributed by atoms with Crippen LogP contribution >= 0.6 is 0 Å². The summed E-state index contributed by atoms with van der Waals surface area (Å²) in [7, 11) is 1.57. The molecule has 102 valence electrons. The second kappa shape index (κ2) is 5.31. The van der Waals surface area contributed by atoms with Crippen LogP contribution < -0.4 is 0 Å². The van der Waals surface area contributed by atoms with Gasteiger partial charge in [0.05, 0.1) is 18.9 Å². The van der Waals surface area contributed by atoms with E-state index < -0.39 is 5.60 Å². The van der Waals surface area contributed by atoms with Gasteiger partial charge in [-0.05, 0) is 32.8 Å². The number of hydrogen-bond donors (Lipinski definition) is 0. The molecule has 2 aliphatic rings. The highest BCUT2D eigenvalue weighted by molar-refractivity contribution is 5.85. The Labute approximate surface area is 109 Å². The molecule has 1 atom stereocenters. The largest absolute Gasteiger partial charge is 0.482 e. The zero-order valence-electron chi connectivity index (χ0n) is 11.6. The zero-order chi connectivity index (χ0) is 13.2. The molecule has 4 nitrogen and oxygen atoms in total. The molecule has 0 radical (unpaired) electrons. The Morgan fingerprint density at radius 1 is 1.44 bits per heavy atom. The minimum atomic E-state index is -0.780. The van der Waals surface area contributed by atoms with Gasteiger partial charge in [0.1, 0.15) is 0 Å². The standard InChI is InChI=1S/C14H23NO3/c1-11-9-10-14(2,18-11)13(16)15(17-3)12-7-5-4-6-8-12/h9,12H,4-8,10H2,1-3H3. The first-order chi connectivity index (χ1) is 8.57. The van der Waals surface area contributed by atoms with Crippen LogP contribution in [0.5, 0.6) is 0 Å². The molecule has 2 rings (SSSR count). The summed E-state index contributed by atoms with van der Waals surface area (Å²) in [4.78, 5) is 17.9. The third kappa shape index (κ3) is 2.53. The van der Waals surface area contributed by atoms with E-state index in [2.05, 4.69) is 0 Å². The van der Waals surface area contributed by atoms with Crippen LogP contribution in [-0.4, -0.2) is 29.7 Å². The van der Waals surface area contributed by atoms with Gasteiger partial charge in [-0.1, -0.05) is 19.3 Å². The molecule has 0 bridgehead atoms. The van der Waals surface area contributed by atoms with Crippen LogP contribution in [0.25, 0.3) is 0 Å². The van der Waals surface area contributed by atoms with Gasteiger partial charge in [-0.15, -0.1) is 0 Å². The van der Waals surface area contributed by atoms with E-state index in [0.717, 1.165) is 18.6 Å². The molecule has 1 amide bonds. The highest BCUT2D eigenvalue weighted by Crippen LogP contribution is 2.32. The maximum absolute atomic E-state index is 12.6. The van der Waals surface area contributed by atoms with E-state index in [1.54, 1.807) is 12.2 Å². The third-order valence-electron chi connectivity index (χ3n) is 3.92. The number of carbonyl (C=O) groups excluding carboxylic acids is 1. The summed E-state index contributed by atoms with van der Waals surface area (Å²) in [5.74, 6) is 0.774. The van der Waals surface area contributed by atoms with E-state index in [1.165, 1.54) is 19.3 Å². The number of amides is 1. The van der Waals surface area contributed by atoms with Crippen LogP contribution in [0.1, 0.15) is 52.4 Å². The fourth-order valence-electron chi connectivity index (χ4n) is 2.85. The summed E-state index contributed by atoms with van der Waals surface area (Å²) in [6.45, 7) is 3.73. The number of carbonyl (C=O) groups is 1. The molecule has 0 aromatic heterocycles. The number of hydrogen-bond acceptors (Lipinski definition) is 3. The SMILES string of the molecule is CON(C(=O)C1(C)CC=C(C)O1)C1CCCCC1. The third-order valence-corrected chi connectivity index (χ3v) is 3.92. The van der Waals surface area contributed by atoms with Crippen LogP contribution in [0, 0.1) is 0 Å². The average molecular weight is 253 g/mol. The Balaban J connectivity index is 2.05. The minimum absolute atomic E-state index is 0.0509. The highest BCUT2D eigenvalue weighted by Gasteiger charge is 2.43. The van der Waals surface area contributed by atoms with Gasteiger partial charge in [0.2, 0.25) is 0 Å². The first-order valence-corrected chi connectivity index (χ1v) is 6.80. The van der Waals surface area contributed by atoms with Gasteiger partial charge < -0.3 is 4.74 Å². The van der Waals surface area contributed by atoms with E-state index in [1.807, 2.05) is 19.9 Å². The number of hydroxylamine groups is 2. The summed E-state index contributed by atoms with van der Waals surface area (Å²) < 4.78 is 5.67. The van der Waals surface area contributed by atoms with Crippen molar-refractivity contribution in [3.05, 3.63) is 11.8 Å². The quantitative estimate of drug-likeness (QED) is 0.726. The van der Waals surface area contributed by atoms with Gasteiger partial charge in [0.25, 0.3) is 5.91 Å². The summed E-state index contributed by atoms with van der Waals surface area (Å²) in [6.07, 6.45) is 8.26. The van der Waals surface area contributed by atoms with Crippen molar-refractivity contribution in [2.75, 3.05) is 7.11 Å². The molecule has 1 aliphatic carbocycles. The predicted octanol–water partition coefficient (Wildman–Crippen LogP) is 2.79. The number of ether oxygens (including phenoxy) is 1. The first-order valence-electron chi connectivity index (χ1n) is 6.80. The molecule has 1 fully saturated rings. The molecular formula is C14H23NO3. The highest BCUT2D eigenvalue weighted by atomic mass is 16.7. The number of nitrogens with zero attached hydrogens (tertiary/aromatic N) is 1. The monoisotopic (exact) mass is 253 g/mol. The fourth-order valence-corrected chi connectivity index (χ4v) is 2.85. The lowest BCUT2D eigenvalue weighted by Gasteiger charge is -2.36. The Morgan fingerprint density at radius 2 is 2.11 bits per heavy atom. The van der Waals surface area contributed by atoms with Gasteiger partial charge in [-0.3, -0.25) is 9.63 Å². The van der Waals surface area contributed by atoms with Crippen molar-refractivity contribution >= 4 is 5.91 Å². The maximum Gasteiger partial charge on any atom is 0.290 e. The van der Waals surface area contributed by atoms with Crippen LogP contribution in [0.3, 0.4) is 0 Å². The molecule has 0 aromatic carbocycles. The molecule has 0 spiro atoms. The van der Waals surface area contributed by atoms with Crippen LogP contribution in [-0.2, 0) is 14.4 Å². The molecule has 0 aromatic rings. The summed E-state index contributed by atoms with van der Waals surface area (Å²) in [5.41, 5.74) is -0.780. The Hall–Kier alpha value is -1.03. The minimum Gasteiger partial charge on any atom is -0.482 e. The molecule has 1 heterocycles. The van der Waals surface area contributed by atoms with Crippen molar-refractivity contribution in [2.24, 2.45) is 0 Å². The van der Waals surface area contributed by atoms with Crippen molar-refractivity contribution in [1.29, 1.82) is 0 Å². The number of allylic oxidation sites excluding steroid dienone is 1. The van der Waals surface area contributed by atoms with Gasteiger partial charge >= 0.3 is 0 Å². The van der Waals surface area contributed by atoms with Gasteiger partial charge in [-0.2, -0.15) is 0 Å². The molecule has 0 saturated heterocycles. The fraction of sp³-hybridized carbons (Fsp3) is 0.786. The van der Waals surface area contributed by atoms with Crippen LogP contribution in [0.15, 0.2) is 11.8 Å². The summed E-state index contributed by atoms with van der Waals surface area (Å²) in [5, 5.41) is 1.55. The lowest BCUT2D eigenvalue weighted by atomic mass is 9.93. The molecule has 1 aliphatic heterocycles. The van der Waals surface area contributed by atoms with Crippen molar-refractivity contribution < 1.29 is 14.4 Å². The molecule has 18 heavy (non-hydrogen) atoms. The van der Waals surface area contributed by atoms with Crippen molar-refractivity contribution in [2.45, 2.75) is 64.0 Å². The summed E-state index contributed by atoms with van der Waals surface area (Å²) in [6, 6.07) is 0.206. The van der Waals surface area contributed by atoms with E-state index in [0.29, 0.717) is 6.42 Å². The Morgan fingerprint density at radius 3 is 2.61 bits per heavy atom. The van der Waals surface area contributed by atoms with E-state index in [9.17, 15) is 4.79 Å². The Kier molecular flexibility index (Phi) is 3.95. The van der Waals surface area contributed by atoms with Gasteiger partial charge in [-0.25, -0.2) is 5.06 Å². The normalized spacial score (nSPS) is 28.7. The molecule has 0 N–H and O–H groups in total. The average Bonchev–Trinajstić information content (AvgIpc) is 2.73. The molecule has 1 saturated carbocycles. The Bertz CT molecular complexity index is 347. The lowest BCUT2D eigenvalue weighted by Crippen LogP contribution is -2.51. The van der Waals surface area contributed by atoms with Crippen LogP contribution in [0.2, 0.25) is 0 Å². The van der Waals surface area contributed by atoms with Crippen molar-refractivity contribution in [3.63, 3.8) is 0 Å². The lowest BCUT2D eigenvalue weighted by molar-refractivity contribution is -0.207. The predicted molar refractivity (Wildman–Crippen MR) is 68.6 cm³/mol. The molecule has 1 unspecified atom stereocenters. The number of rotatable bonds is 3. The van der Waals surface area contributed by atoms with Gasteiger partial charge in [0, 0.05) is 6.42 Å². The van der Waals surface area contributed by atoms with E-state index >= 15 is 0 Å². The molecule has 4 heteroatoms. The maximum atomic E-state index is 12.6. The van der Waals surface area contributed by atoms with Crippen LogP contribution in [0.4, 0.5) is 0 Å². The molecular weight excluding hydrogens is 230 g/mol. The van der Waals surface area contributed by atoms with Crippen molar-refractivity contribution in [1.82, 2.24) is 5.06 Å². The smallest absolute Gasteiger partial charge is 0.290 e. The topological polar surface area (TPSA) is 38.8 Å². The van der Waals surface area contributed by atoms with E-state index in [-0.39, 0.29) is 11.9 Å². The zero-order valence-corrected chi connectivity index (χ0v) is 11.6. The van der Waals surface area contributed by atoms with Crippen molar-refractivity contribution in [3.8, 4) is 0 Å². The van der Waals surface area contributed by atoms with E-state index in [4.69, 9.17) is 9.57 Å². The summed E-state index contributed by atoms with van der Waals surface area (Å²) >= 11 is 0. The first kappa shape index (κ1) is 13.4. The van der Waals surface area contributed by atoms with Gasteiger partial charge in [0.15, 0.2) is 5.60 Å². The second-order valence-electron chi connectivity index (χ2n) is 5.46.